The molecule has 0 aliphatic heterocycles. The van der Waals surface area contributed by atoms with Gasteiger partial charge >= 0.3 is 18.0 Å². The molecule has 0 heterocycles. The largest absolute Gasteiger partial charge is 0.481 e. The van der Waals surface area contributed by atoms with Crippen molar-refractivity contribution in [2.24, 2.45) is 0 Å². The van der Waals surface area contributed by atoms with Crippen molar-refractivity contribution in [1.29, 1.82) is 0 Å². The normalized spacial score (nSPS) is 12.1. The number of esters is 1. The number of rotatable bonds is 10. The number of nitrogens with zero attached hydrogens (tertiary/aromatic N) is 1. The molecule has 2 N–H and O–H groups in total. The molecule has 0 aliphatic rings. The van der Waals surface area contributed by atoms with Crippen LogP contribution < -0.4 is 5.32 Å². The first-order valence-electron chi connectivity index (χ1n) is 8.33. The lowest BCUT2D eigenvalue weighted by Crippen LogP contribution is -2.44. The summed E-state index contributed by atoms with van der Waals surface area (Å²) in [5, 5.41) is 11.2. The fourth-order valence-corrected chi connectivity index (χ4v) is 1.94. The Morgan fingerprint density at radius 3 is 2.35 bits per heavy atom. The Labute approximate surface area is 153 Å². The van der Waals surface area contributed by atoms with Crippen LogP contribution in [0.2, 0.25) is 0 Å². The Hall–Kier alpha value is -2.61. The van der Waals surface area contributed by atoms with Crippen molar-refractivity contribution < 1.29 is 33.4 Å². The average molecular weight is 367 g/mol. The van der Waals surface area contributed by atoms with E-state index in [1.165, 1.54) is 0 Å². The van der Waals surface area contributed by atoms with Gasteiger partial charge in [0.15, 0.2) is 0 Å². The van der Waals surface area contributed by atoms with Crippen LogP contribution in [0.5, 0.6) is 0 Å². The fraction of sp³-hybridized carbons (Fsp3) is 0.500. The molecule has 0 spiro atoms. The van der Waals surface area contributed by atoms with Crippen molar-refractivity contribution in [3.8, 4) is 0 Å². The van der Waals surface area contributed by atoms with E-state index >= 15 is 0 Å². The molecular weight excluding hydrogens is 340 g/mol. The van der Waals surface area contributed by atoms with Gasteiger partial charge in [0.25, 0.3) is 0 Å². The summed E-state index contributed by atoms with van der Waals surface area (Å²) in [5.41, 5.74) is 0.801. The predicted molar refractivity (Wildman–Crippen MR) is 94.3 cm³/mol. The standard InChI is InChI=1S/C18H26N2O6/c1-20(2,3)11-12-25-17(23)15(9-10-16(21)22)19-18(24)26-13-14-7-5-4-6-8-14/h4-8,15H,9-13H2,1-3H3,(H-,19,21,22,24)/p+1. The van der Waals surface area contributed by atoms with Crippen molar-refractivity contribution >= 4 is 18.0 Å². The van der Waals surface area contributed by atoms with Gasteiger partial charge in [0.2, 0.25) is 0 Å². The minimum atomic E-state index is -1.07. The van der Waals surface area contributed by atoms with E-state index in [1.807, 2.05) is 39.3 Å². The third-order valence-electron chi connectivity index (χ3n) is 3.44. The van der Waals surface area contributed by atoms with Gasteiger partial charge in [-0.15, -0.1) is 0 Å². The zero-order chi connectivity index (χ0) is 19.6. The number of amides is 1. The number of benzene rings is 1. The molecule has 0 bridgehead atoms. The Balaban J connectivity index is 2.53. The summed E-state index contributed by atoms with van der Waals surface area (Å²) in [4.78, 5) is 34.8. The highest BCUT2D eigenvalue weighted by Crippen LogP contribution is 2.04. The van der Waals surface area contributed by atoms with E-state index in [-0.39, 0.29) is 26.1 Å². The van der Waals surface area contributed by atoms with Gasteiger partial charge in [0.05, 0.1) is 21.1 Å². The highest BCUT2D eigenvalue weighted by atomic mass is 16.6. The monoisotopic (exact) mass is 367 g/mol. The van der Waals surface area contributed by atoms with Crippen LogP contribution in [0.4, 0.5) is 4.79 Å². The van der Waals surface area contributed by atoms with Gasteiger partial charge in [-0.1, -0.05) is 30.3 Å². The summed E-state index contributed by atoms with van der Waals surface area (Å²) in [7, 11) is 5.86. The maximum absolute atomic E-state index is 12.2. The van der Waals surface area contributed by atoms with Crippen molar-refractivity contribution in [2.45, 2.75) is 25.5 Å². The smallest absolute Gasteiger partial charge is 0.408 e. The zero-order valence-corrected chi connectivity index (χ0v) is 15.4. The van der Waals surface area contributed by atoms with E-state index in [9.17, 15) is 14.4 Å². The van der Waals surface area contributed by atoms with Crippen LogP contribution in [-0.2, 0) is 25.7 Å². The first-order valence-corrected chi connectivity index (χ1v) is 8.33. The van der Waals surface area contributed by atoms with Gasteiger partial charge in [-0.3, -0.25) is 4.79 Å². The number of carboxylic acids is 1. The van der Waals surface area contributed by atoms with Crippen molar-refractivity contribution in [2.75, 3.05) is 34.3 Å². The molecule has 1 aromatic rings. The Morgan fingerprint density at radius 1 is 1.12 bits per heavy atom. The molecule has 1 aromatic carbocycles. The minimum Gasteiger partial charge on any atom is -0.481 e. The summed E-state index contributed by atoms with van der Waals surface area (Å²) < 4.78 is 10.8. The molecule has 1 unspecified atom stereocenters. The number of carboxylic acid groups (broad SMARTS) is 1. The van der Waals surface area contributed by atoms with Crippen LogP contribution in [0.25, 0.3) is 0 Å². The first-order chi connectivity index (χ1) is 12.2. The number of likely N-dealkylation sites (N-methyl/N-ethyl adjacent to an activating group) is 1. The van der Waals surface area contributed by atoms with E-state index in [2.05, 4.69) is 5.32 Å². The van der Waals surface area contributed by atoms with Crippen LogP contribution in [0.15, 0.2) is 30.3 Å². The second-order valence-electron chi connectivity index (χ2n) is 6.87. The lowest BCUT2D eigenvalue weighted by molar-refractivity contribution is -0.870. The van der Waals surface area contributed by atoms with Gasteiger partial charge in [-0.05, 0) is 12.0 Å². The molecule has 1 rings (SSSR count). The van der Waals surface area contributed by atoms with E-state index in [0.29, 0.717) is 11.0 Å². The van der Waals surface area contributed by atoms with Crippen LogP contribution in [0, 0.1) is 0 Å². The highest BCUT2D eigenvalue weighted by molar-refractivity contribution is 5.82. The number of quaternary nitrogens is 1. The predicted octanol–water partition coefficient (Wildman–Crippen LogP) is 1.40. The average Bonchev–Trinajstić information content (AvgIpc) is 2.56. The lowest BCUT2D eigenvalue weighted by atomic mass is 10.1. The van der Waals surface area contributed by atoms with E-state index in [0.717, 1.165) is 5.56 Å². The molecule has 8 nitrogen and oxygen atoms in total. The van der Waals surface area contributed by atoms with Crippen molar-refractivity contribution in [3.05, 3.63) is 35.9 Å². The topological polar surface area (TPSA) is 102 Å². The van der Waals surface area contributed by atoms with E-state index in [1.54, 1.807) is 12.1 Å². The number of hydrogen-bond acceptors (Lipinski definition) is 5. The number of ether oxygens (including phenoxy) is 2. The Morgan fingerprint density at radius 2 is 1.77 bits per heavy atom. The number of carbonyl (C=O) groups excluding carboxylic acids is 2. The first kappa shape index (κ1) is 21.4. The van der Waals surface area contributed by atoms with Gasteiger partial charge in [0.1, 0.15) is 25.8 Å². The molecule has 0 radical (unpaired) electrons. The summed E-state index contributed by atoms with van der Waals surface area (Å²) >= 11 is 0. The maximum Gasteiger partial charge on any atom is 0.408 e. The molecule has 0 aromatic heterocycles. The second-order valence-corrected chi connectivity index (χ2v) is 6.87. The fourth-order valence-electron chi connectivity index (χ4n) is 1.94. The zero-order valence-electron chi connectivity index (χ0n) is 15.4. The van der Waals surface area contributed by atoms with E-state index in [4.69, 9.17) is 14.6 Å². The SMILES string of the molecule is C[N+](C)(C)CCOC(=O)C(CCC(=O)O)NC(=O)OCc1ccccc1. The minimum absolute atomic E-state index is 0.0505. The van der Waals surface area contributed by atoms with Crippen LogP contribution >= 0.6 is 0 Å². The Bertz CT molecular complexity index is 597. The maximum atomic E-state index is 12.2. The lowest BCUT2D eigenvalue weighted by Gasteiger charge is -2.24. The highest BCUT2D eigenvalue weighted by Gasteiger charge is 2.24. The third-order valence-corrected chi connectivity index (χ3v) is 3.44. The van der Waals surface area contributed by atoms with Gasteiger partial charge in [-0.2, -0.15) is 0 Å². The molecule has 0 fully saturated rings. The van der Waals surface area contributed by atoms with Crippen LogP contribution in [-0.4, -0.2) is 68.0 Å². The molecule has 1 amide bonds. The molecule has 0 saturated carbocycles. The van der Waals surface area contributed by atoms with Crippen molar-refractivity contribution in [1.82, 2.24) is 5.32 Å². The van der Waals surface area contributed by atoms with E-state index < -0.39 is 24.1 Å². The summed E-state index contributed by atoms with van der Waals surface area (Å²) in [6.45, 7) is 0.817. The van der Waals surface area contributed by atoms with Crippen LogP contribution in [0.3, 0.4) is 0 Å². The summed E-state index contributed by atoms with van der Waals surface area (Å²) in [5.74, 6) is -1.73. The number of aliphatic carboxylic acids is 1. The molecular formula is C18H27N2O6+. The number of nitrogens with one attached hydrogen (secondary N) is 1. The summed E-state index contributed by atoms with van der Waals surface area (Å²) in [6, 6.07) is 8.01. The molecule has 1 atom stereocenters. The van der Waals surface area contributed by atoms with Crippen molar-refractivity contribution in [3.63, 3.8) is 0 Å². The van der Waals surface area contributed by atoms with Crippen LogP contribution in [0.1, 0.15) is 18.4 Å². The molecule has 144 valence electrons. The quantitative estimate of drug-likeness (QED) is 0.479. The molecule has 0 saturated heterocycles. The molecule has 8 heteroatoms. The van der Waals surface area contributed by atoms with Gasteiger partial charge < -0.3 is 24.4 Å². The van der Waals surface area contributed by atoms with Gasteiger partial charge in [-0.25, -0.2) is 9.59 Å². The number of alkyl carbamates (subject to hydrolysis) is 1. The molecule has 0 aliphatic carbocycles. The second kappa shape index (κ2) is 10.4. The van der Waals surface area contributed by atoms with Gasteiger partial charge in [0, 0.05) is 6.42 Å². The third kappa shape index (κ3) is 9.63. The number of carbonyl (C=O) groups is 3. The number of hydrogen-bond donors (Lipinski definition) is 2. The molecule has 26 heavy (non-hydrogen) atoms. The summed E-state index contributed by atoms with van der Waals surface area (Å²) in [6.07, 6.45) is -1.14. The Kier molecular flexibility index (Phi) is 8.57.